The Hall–Kier alpha value is -2.54. The van der Waals surface area contributed by atoms with Gasteiger partial charge >= 0.3 is 6.09 Å². The molecule has 2 aliphatic rings. The van der Waals surface area contributed by atoms with Gasteiger partial charge in [-0.3, -0.25) is 4.98 Å². The number of carbonyl (C=O) groups is 1. The molecule has 2 fully saturated rings. The maximum absolute atomic E-state index is 12.0. The number of benzene rings is 1. The Morgan fingerprint density at radius 3 is 2.61 bits per heavy atom. The highest BCUT2D eigenvalue weighted by molar-refractivity contribution is 5.95. The van der Waals surface area contributed by atoms with Crippen molar-refractivity contribution < 1.29 is 14.3 Å². The standard InChI is InChI=1S/C24H34N4O3/c1-24(2,3)31-23(29)26-17-18-6-9-28(10-7-18)22-16-19(27-11-13-30-14-12-27)15-21-20(22)5-4-8-25-21/h4-5,8,15-16,18H,6-7,9-14,17H2,1-3H3,(H,26,29). The fraction of sp³-hybridized carbons (Fsp3) is 0.583. The molecule has 3 heterocycles. The summed E-state index contributed by atoms with van der Waals surface area (Å²) in [6, 6.07) is 8.69. The number of fused-ring (bicyclic) bond motifs is 1. The van der Waals surface area contributed by atoms with Crippen LogP contribution in [0.25, 0.3) is 10.9 Å². The van der Waals surface area contributed by atoms with Gasteiger partial charge in [-0.25, -0.2) is 4.79 Å². The number of carbonyl (C=O) groups excluding carboxylic acids is 1. The molecule has 2 aromatic rings. The molecule has 1 aromatic carbocycles. The summed E-state index contributed by atoms with van der Waals surface area (Å²) in [6.45, 7) is 11.6. The SMILES string of the molecule is CC(C)(C)OC(=O)NCC1CCN(c2cc(N3CCOCC3)cc3ncccc23)CC1. The molecule has 1 N–H and O–H groups in total. The highest BCUT2D eigenvalue weighted by Gasteiger charge is 2.24. The van der Waals surface area contributed by atoms with E-state index in [1.54, 1.807) is 0 Å². The van der Waals surface area contributed by atoms with Gasteiger partial charge in [-0.1, -0.05) is 0 Å². The van der Waals surface area contributed by atoms with Gasteiger partial charge in [-0.15, -0.1) is 0 Å². The van der Waals surface area contributed by atoms with Crippen molar-refractivity contribution in [2.24, 2.45) is 5.92 Å². The number of nitrogens with one attached hydrogen (secondary N) is 1. The minimum absolute atomic E-state index is 0.329. The molecule has 168 valence electrons. The number of amides is 1. The zero-order valence-electron chi connectivity index (χ0n) is 18.9. The molecule has 0 radical (unpaired) electrons. The normalized spacial score (nSPS) is 18.3. The summed E-state index contributed by atoms with van der Waals surface area (Å²) in [7, 11) is 0. The van der Waals surface area contributed by atoms with Crippen LogP contribution in [0.4, 0.5) is 16.2 Å². The molecular formula is C24H34N4O3. The zero-order chi connectivity index (χ0) is 21.8. The molecule has 0 unspecified atom stereocenters. The minimum atomic E-state index is -0.464. The van der Waals surface area contributed by atoms with Crippen molar-refractivity contribution in [3.8, 4) is 0 Å². The second kappa shape index (κ2) is 9.30. The third kappa shape index (κ3) is 5.58. The van der Waals surface area contributed by atoms with Gasteiger partial charge in [0.05, 0.1) is 18.7 Å². The van der Waals surface area contributed by atoms with Gasteiger partial charge in [0.25, 0.3) is 0 Å². The average molecular weight is 427 g/mol. The largest absolute Gasteiger partial charge is 0.444 e. The number of anilines is 2. The number of pyridine rings is 1. The predicted molar refractivity (Wildman–Crippen MR) is 124 cm³/mol. The monoisotopic (exact) mass is 426 g/mol. The number of ether oxygens (including phenoxy) is 2. The Balaban J connectivity index is 1.43. The second-order valence-corrected chi connectivity index (χ2v) is 9.45. The molecule has 7 heteroatoms. The molecule has 1 amide bonds. The van der Waals surface area contributed by atoms with Crippen molar-refractivity contribution in [3.63, 3.8) is 0 Å². The van der Waals surface area contributed by atoms with Crippen molar-refractivity contribution in [1.29, 1.82) is 0 Å². The molecule has 0 saturated carbocycles. The first-order valence-corrected chi connectivity index (χ1v) is 11.3. The van der Waals surface area contributed by atoms with Gasteiger partial charge in [-0.2, -0.15) is 0 Å². The molecule has 0 bridgehead atoms. The molecule has 0 atom stereocenters. The third-order valence-corrected chi connectivity index (χ3v) is 5.95. The Morgan fingerprint density at radius 1 is 1.16 bits per heavy atom. The van der Waals surface area contributed by atoms with Gasteiger partial charge in [0.1, 0.15) is 5.60 Å². The number of nitrogens with zero attached hydrogens (tertiary/aromatic N) is 3. The third-order valence-electron chi connectivity index (χ3n) is 5.95. The molecule has 31 heavy (non-hydrogen) atoms. The Labute approximate surface area is 184 Å². The maximum Gasteiger partial charge on any atom is 0.407 e. The summed E-state index contributed by atoms with van der Waals surface area (Å²) in [6.07, 6.45) is 3.62. The number of aromatic nitrogens is 1. The molecule has 4 rings (SSSR count). The van der Waals surface area contributed by atoms with Crippen LogP contribution >= 0.6 is 0 Å². The fourth-order valence-corrected chi connectivity index (χ4v) is 4.33. The molecule has 0 spiro atoms. The second-order valence-electron chi connectivity index (χ2n) is 9.45. The van der Waals surface area contributed by atoms with E-state index in [0.29, 0.717) is 12.5 Å². The Kier molecular flexibility index (Phi) is 6.51. The molecule has 2 saturated heterocycles. The summed E-state index contributed by atoms with van der Waals surface area (Å²) in [5, 5.41) is 4.14. The highest BCUT2D eigenvalue weighted by Crippen LogP contribution is 2.34. The van der Waals surface area contributed by atoms with E-state index in [4.69, 9.17) is 9.47 Å². The van der Waals surface area contributed by atoms with Crippen molar-refractivity contribution in [3.05, 3.63) is 30.5 Å². The minimum Gasteiger partial charge on any atom is -0.444 e. The first kappa shape index (κ1) is 21.7. The summed E-state index contributed by atoms with van der Waals surface area (Å²) in [4.78, 5) is 21.5. The number of alkyl carbamates (subject to hydrolysis) is 1. The van der Waals surface area contributed by atoms with Crippen LogP contribution in [-0.4, -0.2) is 62.6 Å². The van der Waals surface area contributed by atoms with Crippen LogP contribution in [0.3, 0.4) is 0 Å². The summed E-state index contributed by atoms with van der Waals surface area (Å²) in [5.74, 6) is 0.468. The van der Waals surface area contributed by atoms with Crippen LogP contribution < -0.4 is 15.1 Å². The Bertz CT molecular complexity index is 897. The summed E-state index contributed by atoms with van der Waals surface area (Å²) >= 11 is 0. The van der Waals surface area contributed by atoms with E-state index >= 15 is 0 Å². The Morgan fingerprint density at radius 2 is 1.90 bits per heavy atom. The van der Waals surface area contributed by atoms with Crippen molar-refractivity contribution in [2.45, 2.75) is 39.2 Å². The van der Waals surface area contributed by atoms with Gasteiger partial charge in [0.15, 0.2) is 0 Å². The summed E-state index contributed by atoms with van der Waals surface area (Å²) in [5.41, 5.74) is 3.05. The number of hydrogen-bond acceptors (Lipinski definition) is 6. The first-order valence-electron chi connectivity index (χ1n) is 11.3. The molecule has 1 aromatic heterocycles. The van der Waals surface area contributed by atoms with Crippen LogP contribution in [0.2, 0.25) is 0 Å². The fourth-order valence-electron chi connectivity index (χ4n) is 4.33. The maximum atomic E-state index is 12.0. The topological polar surface area (TPSA) is 66.9 Å². The molecule has 7 nitrogen and oxygen atoms in total. The molecule has 0 aliphatic carbocycles. The van der Waals surface area contributed by atoms with Crippen molar-refractivity contribution >= 4 is 28.4 Å². The van der Waals surface area contributed by atoms with Crippen LogP contribution in [0.1, 0.15) is 33.6 Å². The van der Waals surface area contributed by atoms with Crippen LogP contribution in [0, 0.1) is 5.92 Å². The van der Waals surface area contributed by atoms with Gasteiger partial charge in [-0.05, 0) is 63.8 Å². The van der Waals surface area contributed by atoms with Gasteiger partial charge in [0, 0.05) is 55.7 Å². The van der Waals surface area contributed by atoms with E-state index in [-0.39, 0.29) is 6.09 Å². The first-order chi connectivity index (χ1) is 14.9. The van der Waals surface area contributed by atoms with E-state index in [1.165, 1.54) is 16.8 Å². The van der Waals surface area contributed by atoms with Crippen LogP contribution in [0.5, 0.6) is 0 Å². The smallest absolute Gasteiger partial charge is 0.407 e. The lowest BCUT2D eigenvalue weighted by molar-refractivity contribution is 0.0517. The van der Waals surface area contributed by atoms with E-state index in [0.717, 1.165) is 57.8 Å². The van der Waals surface area contributed by atoms with Crippen LogP contribution in [-0.2, 0) is 9.47 Å². The number of hydrogen-bond donors (Lipinski definition) is 1. The summed E-state index contributed by atoms with van der Waals surface area (Å²) < 4.78 is 10.9. The van der Waals surface area contributed by atoms with E-state index in [1.807, 2.05) is 33.0 Å². The lowest BCUT2D eigenvalue weighted by Gasteiger charge is -2.36. The van der Waals surface area contributed by atoms with Crippen molar-refractivity contribution in [2.75, 3.05) is 55.7 Å². The van der Waals surface area contributed by atoms with E-state index in [2.05, 4.69) is 38.3 Å². The van der Waals surface area contributed by atoms with Gasteiger partial charge in [0.2, 0.25) is 0 Å². The average Bonchev–Trinajstić information content (AvgIpc) is 2.77. The number of rotatable bonds is 4. The van der Waals surface area contributed by atoms with Gasteiger partial charge < -0.3 is 24.6 Å². The quantitative estimate of drug-likeness (QED) is 0.802. The van der Waals surface area contributed by atoms with Crippen molar-refractivity contribution in [1.82, 2.24) is 10.3 Å². The number of morpholine rings is 1. The highest BCUT2D eigenvalue weighted by atomic mass is 16.6. The number of piperidine rings is 1. The molecular weight excluding hydrogens is 392 g/mol. The van der Waals surface area contributed by atoms with E-state index in [9.17, 15) is 4.79 Å². The lowest BCUT2D eigenvalue weighted by Crippen LogP contribution is -2.40. The zero-order valence-corrected chi connectivity index (χ0v) is 18.9. The van der Waals surface area contributed by atoms with Crippen LogP contribution in [0.15, 0.2) is 30.5 Å². The lowest BCUT2D eigenvalue weighted by atomic mass is 9.96. The molecule has 2 aliphatic heterocycles. The van der Waals surface area contributed by atoms with E-state index < -0.39 is 5.60 Å². The predicted octanol–water partition coefficient (Wildman–Crippen LogP) is 3.81.